The van der Waals surface area contributed by atoms with E-state index in [4.69, 9.17) is 38.0 Å². The molecule has 3 rings (SSSR count). The molecule has 0 saturated heterocycles. The van der Waals surface area contributed by atoms with Gasteiger partial charge in [-0.05, 0) is 44.6 Å². The van der Waals surface area contributed by atoms with Gasteiger partial charge in [-0.1, -0.05) is 41.9 Å². The molecule has 3 N–H and O–H groups in total. The molecule has 1 aliphatic rings. The van der Waals surface area contributed by atoms with Crippen molar-refractivity contribution < 1.29 is 23.8 Å². The Balaban J connectivity index is 1.91. The van der Waals surface area contributed by atoms with E-state index in [2.05, 4.69) is 16.0 Å². The monoisotopic (exact) mass is 517 g/mol. The molecule has 2 aromatic carbocycles. The standard InChI is InChI=1S/C25H28ClN3O5S/c1-5-33-24(31)15(3)34-20-12-18(26)17(11-19(20)32-4)22-21(14(2)28-25(35)29-22)23(30)27-13-16-9-7-6-8-10-16/h6-12,15,22H,5,13H2,1-4H3,(H,27,30)(H2,28,29,35)/t15-,22-/m0/s1. The summed E-state index contributed by atoms with van der Waals surface area (Å²) >= 11 is 12.0. The highest BCUT2D eigenvalue weighted by Gasteiger charge is 2.32. The lowest BCUT2D eigenvalue weighted by molar-refractivity contribution is -0.150. The second kappa shape index (κ2) is 11.9. The predicted molar refractivity (Wildman–Crippen MR) is 137 cm³/mol. The zero-order valence-corrected chi connectivity index (χ0v) is 21.5. The van der Waals surface area contributed by atoms with Gasteiger partial charge >= 0.3 is 5.97 Å². The highest BCUT2D eigenvalue weighted by atomic mass is 35.5. The summed E-state index contributed by atoms with van der Waals surface area (Å²) in [7, 11) is 1.48. The Morgan fingerprint density at radius 2 is 1.91 bits per heavy atom. The van der Waals surface area contributed by atoms with Crippen LogP contribution in [0.5, 0.6) is 11.5 Å². The number of carbonyl (C=O) groups excluding carboxylic acids is 2. The van der Waals surface area contributed by atoms with Crippen LogP contribution in [0, 0.1) is 0 Å². The second-order valence-corrected chi connectivity index (χ2v) is 8.59. The van der Waals surface area contributed by atoms with Crippen molar-refractivity contribution in [2.24, 2.45) is 0 Å². The lowest BCUT2D eigenvalue weighted by atomic mass is 9.94. The van der Waals surface area contributed by atoms with Gasteiger partial charge in [0.25, 0.3) is 5.91 Å². The normalized spacial score (nSPS) is 16.0. The maximum absolute atomic E-state index is 13.2. The molecule has 0 fully saturated rings. The Labute approximate surface area is 215 Å². The fourth-order valence-electron chi connectivity index (χ4n) is 3.62. The molecule has 1 heterocycles. The van der Waals surface area contributed by atoms with Crippen LogP contribution in [0.3, 0.4) is 0 Å². The Bertz CT molecular complexity index is 1140. The van der Waals surface area contributed by atoms with Crippen LogP contribution < -0.4 is 25.4 Å². The number of hydrogen-bond acceptors (Lipinski definition) is 6. The van der Waals surface area contributed by atoms with Crippen LogP contribution in [0.15, 0.2) is 53.7 Å². The average molecular weight is 518 g/mol. The quantitative estimate of drug-likeness (QED) is 0.341. The molecule has 2 aromatic rings. The van der Waals surface area contributed by atoms with E-state index in [-0.39, 0.29) is 18.3 Å². The van der Waals surface area contributed by atoms with Gasteiger partial charge in [-0.3, -0.25) is 4.79 Å². The zero-order chi connectivity index (χ0) is 25.5. The van der Waals surface area contributed by atoms with Crippen LogP contribution in [-0.4, -0.2) is 36.8 Å². The van der Waals surface area contributed by atoms with Crippen molar-refractivity contribution in [2.75, 3.05) is 13.7 Å². The fraction of sp³-hybridized carbons (Fsp3) is 0.320. The molecule has 1 aliphatic heterocycles. The zero-order valence-electron chi connectivity index (χ0n) is 19.9. The first kappa shape index (κ1) is 26.3. The highest BCUT2D eigenvalue weighted by Crippen LogP contribution is 2.39. The Hall–Kier alpha value is -3.30. The number of esters is 1. The molecule has 10 heteroatoms. The maximum Gasteiger partial charge on any atom is 0.347 e. The van der Waals surface area contributed by atoms with Gasteiger partial charge in [0.15, 0.2) is 22.7 Å². The fourth-order valence-corrected chi connectivity index (χ4v) is 4.16. The Morgan fingerprint density at radius 1 is 1.20 bits per heavy atom. The molecule has 0 spiro atoms. The van der Waals surface area contributed by atoms with Crippen molar-refractivity contribution in [3.05, 3.63) is 69.9 Å². The first-order valence-electron chi connectivity index (χ1n) is 11.1. The summed E-state index contributed by atoms with van der Waals surface area (Å²) in [6.07, 6.45) is -0.864. The molecule has 8 nitrogen and oxygen atoms in total. The molecule has 0 bridgehead atoms. The van der Waals surface area contributed by atoms with E-state index in [1.54, 1.807) is 32.9 Å². The van der Waals surface area contributed by atoms with Crippen molar-refractivity contribution in [3.63, 3.8) is 0 Å². The number of thiocarbonyl (C=S) groups is 1. The SMILES string of the molecule is CCOC(=O)[C@H](C)Oc1cc(Cl)c([C@@H]2NC(=S)NC(C)=C2C(=O)NCc2ccccc2)cc1OC. The molecule has 0 aliphatic carbocycles. The van der Waals surface area contributed by atoms with Gasteiger partial charge < -0.3 is 30.2 Å². The van der Waals surface area contributed by atoms with E-state index in [1.807, 2.05) is 30.3 Å². The van der Waals surface area contributed by atoms with Gasteiger partial charge in [0.05, 0.1) is 30.4 Å². The van der Waals surface area contributed by atoms with Crippen LogP contribution in [0.4, 0.5) is 0 Å². The van der Waals surface area contributed by atoms with Gasteiger partial charge in [-0.2, -0.15) is 0 Å². The van der Waals surface area contributed by atoms with Gasteiger partial charge in [0, 0.05) is 23.9 Å². The minimum atomic E-state index is -0.864. The molecule has 0 radical (unpaired) electrons. The van der Waals surface area contributed by atoms with Crippen LogP contribution >= 0.6 is 23.8 Å². The molecule has 2 atom stereocenters. The van der Waals surface area contributed by atoms with Crippen LogP contribution in [0.1, 0.15) is 37.9 Å². The number of hydrogen-bond donors (Lipinski definition) is 3. The number of rotatable bonds is 9. The van der Waals surface area contributed by atoms with Crippen LogP contribution in [0.25, 0.3) is 0 Å². The maximum atomic E-state index is 13.2. The number of ether oxygens (including phenoxy) is 3. The topological polar surface area (TPSA) is 97.9 Å². The van der Waals surface area contributed by atoms with Crippen LogP contribution in [-0.2, 0) is 20.9 Å². The van der Waals surface area contributed by atoms with Crippen LogP contribution in [0.2, 0.25) is 5.02 Å². The number of carbonyl (C=O) groups is 2. The van der Waals surface area contributed by atoms with Gasteiger partial charge in [-0.15, -0.1) is 0 Å². The van der Waals surface area contributed by atoms with E-state index in [9.17, 15) is 9.59 Å². The summed E-state index contributed by atoms with van der Waals surface area (Å²) in [4.78, 5) is 25.2. The Kier molecular flexibility index (Phi) is 8.95. The number of amides is 1. The predicted octanol–water partition coefficient (Wildman–Crippen LogP) is 3.79. The smallest absolute Gasteiger partial charge is 0.347 e. The average Bonchev–Trinajstić information content (AvgIpc) is 2.83. The molecular formula is C25H28ClN3O5S. The number of allylic oxidation sites excluding steroid dienone is 1. The molecular weight excluding hydrogens is 490 g/mol. The minimum Gasteiger partial charge on any atom is -0.493 e. The van der Waals surface area contributed by atoms with Gasteiger partial charge in [-0.25, -0.2) is 4.79 Å². The molecule has 0 aromatic heterocycles. The van der Waals surface area contributed by atoms with Gasteiger partial charge in [0.1, 0.15) is 0 Å². The number of benzene rings is 2. The summed E-state index contributed by atoms with van der Waals surface area (Å²) in [5.74, 6) is -0.163. The van der Waals surface area contributed by atoms with E-state index in [0.29, 0.717) is 39.3 Å². The van der Waals surface area contributed by atoms with Crippen molar-refractivity contribution in [1.82, 2.24) is 16.0 Å². The largest absolute Gasteiger partial charge is 0.493 e. The van der Waals surface area contributed by atoms with Crippen molar-refractivity contribution in [1.29, 1.82) is 0 Å². The lowest BCUT2D eigenvalue weighted by Crippen LogP contribution is -2.46. The molecule has 0 saturated carbocycles. The third-order valence-electron chi connectivity index (χ3n) is 5.33. The first-order valence-corrected chi connectivity index (χ1v) is 11.8. The number of methoxy groups -OCH3 is 1. The number of halogens is 1. The third kappa shape index (κ3) is 6.43. The highest BCUT2D eigenvalue weighted by molar-refractivity contribution is 7.80. The molecule has 1 amide bonds. The van der Waals surface area contributed by atoms with E-state index < -0.39 is 18.1 Å². The molecule has 186 valence electrons. The summed E-state index contributed by atoms with van der Waals surface area (Å²) in [5.41, 5.74) is 2.58. The van der Waals surface area contributed by atoms with E-state index in [0.717, 1.165) is 5.56 Å². The van der Waals surface area contributed by atoms with Crippen molar-refractivity contribution in [2.45, 2.75) is 39.5 Å². The summed E-state index contributed by atoms with van der Waals surface area (Å²) in [6.45, 7) is 5.68. The molecule has 0 unspecified atom stereocenters. The first-order chi connectivity index (χ1) is 16.7. The van der Waals surface area contributed by atoms with Crippen molar-refractivity contribution in [3.8, 4) is 11.5 Å². The van der Waals surface area contributed by atoms with E-state index >= 15 is 0 Å². The van der Waals surface area contributed by atoms with E-state index in [1.165, 1.54) is 7.11 Å². The summed E-state index contributed by atoms with van der Waals surface area (Å²) in [5, 5.41) is 9.75. The molecule has 35 heavy (non-hydrogen) atoms. The Morgan fingerprint density at radius 3 is 2.57 bits per heavy atom. The van der Waals surface area contributed by atoms with Gasteiger partial charge in [0.2, 0.25) is 0 Å². The third-order valence-corrected chi connectivity index (χ3v) is 5.87. The minimum absolute atomic E-state index is 0.242. The second-order valence-electron chi connectivity index (χ2n) is 7.78. The lowest BCUT2D eigenvalue weighted by Gasteiger charge is -2.31. The number of nitrogens with one attached hydrogen (secondary N) is 3. The summed E-state index contributed by atoms with van der Waals surface area (Å²) < 4.78 is 16.2. The summed E-state index contributed by atoms with van der Waals surface area (Å²) in [6, 6.07) is 12.2. The van der Waals surface area contributed by atoms with Crippen molar-refractivity contribution >= 4 is 40.8 Å².